The molecule has 2 N–H and O–H groups in total. The molecule has 0 spiro atoms. The van der Waals surface area contributed by atoms with E-state index in [0.29, 0.717) is 0 Å². The van der Waals surface area contributed by atoms with Crippen LogP contribution in [0.3, 0.4) is 0 Å². The second-order valence-corrected chi connectivity index (χ2v) is 5.69. The van der Waals surface area contributed by atoms with Crippen LogP contribution >= 0.6 is 0 Å². The van der Waals surface area contributed by atoms with E-state index in [-0.39, 0.29) is 17.9 Å². The Bertz CT molecular complexity index is 677. The molecule has 3 rings (SSSR count). The number of carbonyl (C=O) groups is 1. The fraction of sp³-hybridized carbons (Fsp3) is 0.375. The van der Waals surface area contributed by atoms with Crippen molar-refractivity contribution in [3.05, 3.63) is 41.7 Å². The maximum Gasteiger partial charge on any atom is 0.229 e. The zero-order valence-corrected chi connectivity index (χ0v) is 12.6. The summed E-state index contributed by atoms with van der Waals surface area (Å²) in [7, 11) is 1.85. The van der Waals surface area contributed by atoms with Crippen molar-refractivity contribution in [3.8, 4) is 0 Å². The van der Waals surface area contributed by atoms with Gasteiger partial charge in [-0.25, -0.2) is 0 Å². The second-order valence-electron chi connectivity index (χ2n) is 5.69. The molecule has 0 radical (unpaired) electrons. The smallest absolute Gasteiger partial charge is 0.229 e. The van der Waals surface area contributed by atoms with Gasteiger partial charge in [-0.1, -0.05) is 18.2 Å². The highest BCUT2D eigenvalue weighted by molar-refractivity contribution is 5.94. The minimum absolute atomic E-state index is 0.0422. The van der Waals surface area contributed by atoms with Crippen molar-refractivity contribution >= 4 is 17.3 Å². The summed E-state index contributed by atoms with van der Waals surface area (Å²) >= 11 is 0. The number of nitrogens with zero attached hydrogens (tertiary/aromatic N) is 2. The highest BCUT2D eigenvalue weighted by Gasteiger charge is 2.30. The average Bonchev–Trinajstić information content (AvgIpc) is 2.76. The lowest BCUT2D eigenvalue weighted by atomic mass is 9.87. The Morgan fingerprint density at radius 3 is 2.90 bits per heavy atom. The minimum Gasteiger partial charge on any atom is -0.382 e. The van der Waals surface area contributed by atoms with E-state index in [9.17, 15) is 4.79 Å². The van der Waals surface area contributed by atoms with Crippen LogP contribution in [0, 0.1) is 12.8 Å². The molecular weight excluding hydrogens is 264 g/mol. The third-order valence-electron chi connectivity index (χ3n) is 4.05. The van der Waals surface area contributed by atoms with Crippen LogP contribution in [-0.2, 0) is 18.3 Å². The highest BCUT2D eigenvalue weighted by Crippen LogP contribution is 2.29. The molecule has 1 aromatic carbocycles. The summed E-state index contributed by atoms with van der Waals surface area (Å²) < 4.78 is 1.71. The van der Waals surface area contributed by atoms with E-state index in [1.54, 1.807) is 4.68 Å². The first-order valence-electron chi connectivity index (χ1n) is 7.20. The number of carbonyl (C=O) groups excluding carboxylic acids is 1. The zero-order valence-electron chi connectivity index (χ0n) is 12.6. The summed E-state index contributed by atoms with van der Waals surface area (Å²) in [5, 5.41) is 10.7. The van der Waals surface area contributed by atoms with E-state index in [1.165, 1.54) is 5.56 Å². The van der Waals surface area contributed by atoms with Crippen LogP contribution in [0.2, 0.25) is 0 Å². The maximum absolute atomic E-state index is 12.6. The molecule has 2 atom stereocenters. The molecule has 21 heavy (non-hydrogen) atoms. The largest absolute Gasteiger partial charge is 0.382 e. The van der Waals surface area contributed by atoms with Crippen LogP contribution in [-0.4, -0.2) is 21.7 Å². The van der Waals surface area contributed by atoms with Gasteiger partial charge in [-0.05, 0) is 31.9 Å². The number of hydrogen-bond donors (Lipinski definition) is 2. The van der Waals surface area contributed by atoms with Crippen molar-refractivity contribution < 1.29 is 4.79 Å². The number of hydrogen-bond acceptors (Lipinski definition) is 3. The molecule has 0 bridgehead atoms. The van der Waals surface area contributed by atoms with Crippen LogP contribution in [0.15, 0.2) is 30.5 Å². The van der Waals surface area contributed by atoms with Crippen molar-refractivity contribution in [2.24, 2.45) is 13.0 Å². The Morgan fingerprint density at radius 2 is 2.19 bits per heavy atom. The molecule has 1 aliphatic heterocycles. The van der Waals surface area contributed by atoms with E-state index >= 15 is 0 Å². The van der Waals surface area contributed by atoms with Gasteiger partial charge in [-0.15, -0.1) is 0 Å². The van der Waals surface area contributed by atoms with Crippen LogP contribution < -0.4 is 10.6 Å². The number of aryl methyl sites for hydroxylation is 2. The van der Waals surface area contributed by atoms with E-state index < -0.39 is 0 Å². The standard InChI is InChI=1S/C16H20N4O/c1-10-13(8-12-6-4-5-7-14(12)17-10)16(21)18-15-9-20(3)19-11(15)2/h4-7,9-10,13,17H,8H2,1-3H3,(H,18,21). The van der Waals surface area contributed by atoms with Gasteiger partial charge in [0, 0.05) is 25.0 Å². The van der Waals surface area contributed by atoms with E-state index in [4.69, 9.17) is 0 Å². The number of aromatic nitrogens is 2. The van der Waals surface area contributed by atoms with Gasteiger partial charge in [0.1, 0.15) is 0 Å². The first-order valence-corrected chi connectivity index (χ1v) is 7.20. The molecular formula is C16H20N4O. The summed E-state index contributed by atoms with van der Waals surface area (Å²) in [6.45, 7) is 3.95. The van der Waals surface area contributed by atoms with Gasteiger partial charge in [0.2, 0.25) is 5.91 Å². The van der Waals surface area contributed by atoms with Crippen LogP contribution in [0.4, 0.5) is 11.4 Å². The van der Waals surface area contributed by atoms with Crippen molar-refractivity contribution in [1.29, 1.82) is 0 Å². The number of nitrogens with one attached hydrogen (secondary N) is 2. The number of para-hydroxylation sites is 1. The van der Waals surface area contributed by atoms with Gasteiger partial charge in [-0.2, -0.15) is 5.10 Å². The number of fused-ring (bicyclic) bond motifs is 1. The van der Waals surface area contributed by atoms with Gasteiger partial charge in [0.25, 0.3) is 0 Å². The lowest BCUT2D eigenvalue weighted by Crippen LogP contribution is -2.40. The normalized spacial score (nSPS) is 20.5. The summed E-state index contributed by atoms with van der Waals surface area (Å²) in [6, 6.07) is 8.26. The zero-order chi connectivity index (χ0) is 15.0. The monoisotopic (exact) mass is 284 g/mol. The van der Waals surface area contributed by atoms with E-state index in [1.807, 2.05) is 32.3 Å². The Morgan fingerprint density at radius 1 is 1.43 bits per heavy atom. The molecule has 110 valence electrons. The molecule has 0 fully saturated rings. The second kappa shape index (κ2) is 5.24. The summed E-state index contributed by atoms with van der Waals surface area (Å²) in [5.41, 5.74) is 3.95. The van der Waals surface area contributed by atoms with Crippen LogP contribution in [0.5, 0.6) is 0 Å². The third kappa shape index (κ3) is 2.63. The van der Waals surface area contributed by atoms with Crippen molar-refractivity contribution in [3.63, 3.8) is 0 Å². The van der Waals surface area contributed by atoms with Gasteiger partial charge in [0.05, 0.1) is 17.3 Å². The van der Waals surface area contributed by atoms with Crippen molar-refractivity contribution in [2.75, 3.05) is 10.6 Å². The van der Waals surface area contributed by atoms with Gasteiger partial charge < -0.3 is 10.6 Å². The molecule has 2 aromatic rings. The topological polar surface area (TPSA) is 59.0 Å². The Labute approximate surface area is 124 Å². The van der Waals surface area contributed by atoms with Crippen LogP contribution in [0.25, 0.3) is 0 Å². The maximum atomic E-state index is 12.6. The summed E-state index contributed by atoms with van der Waals surface area (Å²) in [5.74, 6) is -0.0416. The fourth-order valence-corrected chi connectivity index (χ4v) is 2.87. The predicted octanol–water partition coefficient (Wildman–Crippen LogP) is 2.34. The molecule has 5 heteroatoms. The molecule has 1 aliphatic rings. The van der Waals surface area contributed by atoms with Crippen molar-refractivity contribution in [2.45, 2.75) is 26.3 Å². The lowest BCUT2D eigenvalue weighted by molar-refractivity contribution is -0.120. The number of amides is 1. The van der Waals surface area contributed by atoms with Gasteiger partial charge in [0.15, 0.2) is 0 Å². The van der Waals surface area contributed by atoms with E-state index in [2.05, 4.69) is 34.8 Å². The Kier molecular flexibility index (Phi) is 3.41. The summed E-state index contributed by atoms with van der Waals surface area (Å²) in [6.07, 6.45) is 2.59. The third-order valence-corrected chi connectivity index (χ3v) is 4.05. The molecule has 0 aliphatic carbocycles. The fourth-order valence-electron chi connectivity index (χ4n) is 2.87. The highest BCUT2D eigenvalue weighted by atomic mass is 16.2. The molecule has 5 nitrogen and oxygen atoms in total. The molecule has 1 amide bonds. The number of benzene rings is 1. The predicted molar refractivity (Wildman–Crippen MR) is 83.3 cm³/mol. The molecule has 2 heterocycles. The SMILES string of the molecule is Cc1nn(C)cc1NC(=O)C1Cc2ccccc2NC1C. The molecule has 0 saturated heterocycles. The van der Waals surface area contributed by atoms with Crippen molar-refractivity contribution in [1.82, 2.24) is 9.78 Å². The number of anilines is 2. The van der Waals surface area contributed by atoms with Crippen LogP contribution in [0.1, 0.15) is 18.2 Å². The molecule has 2 unspecified atom stereocenters. The average molecular weight is 284 g/mol. The number of rotatable bonds is 2. The lowest BCUT2D eigenvalue weighted by Gasteiger charge is -2.31. The quantitative estimate of drug-likeness (QED) is 0.890. The first-order chi connectivity index (χ1) is 10.0. The molecule has 1 aromatic heterocycles. The van der Waals surface area contributed by atoms with E-state index in [0.717, 1.165) is 23.5 Å². The molecule has 0 saturated carbocycles. The Hall–Kier alpha value is -2.30. The van der Waals surface area contributed by atoms with Gasteiger partial charge >= 0.3 is 0 Å². The minimum atomic E-state index is -0.0838. The van der Waals surface area contributed by atoms with Gasteiger partial charge in [-0.3, -0.25) is 9.48 Å². The first kappa shape index (κ1) is 13.7. The Balaban J connectivity index is 1.78. The summed E-state index contributed by atoms with van der Waals surface area (Å²) in [4.78, 5) is 12.6.